The predicted octanol–water partition coefficient (Wildman–Crippen LogP) is 2.01. The molecule has 0 atom stereocenters. The number of carbonyl (C=O) groups excluding carboxylic acids is 1. The first-order valence-electron chi connectivity index (χ1n) is 6.34. The highest BCUT2D eigenvalue weighted by atomic mass is 16.2. The topological polar surface area (TPSA) is 50.2 Å². The number of hydrogen-bond donors (Lipinski definition) is 1. The number of urea groups is 1. The number of carbonyl (C=O) groups is 1. The standard InChI is InChI=1S/C14H16N4O/c1-17-10-15-12-7-8-18(9-13(12)17)14(19)16-11-5-3-2-4-6-11/h2-6,10H,7-9H2,1H3,(H,16,19). The molecule has 5 nitrogen and oxygen atoms in total. The maximum absolute atomic E-state index is 12.2. The summed E-state index contributed by atoms with van der Waals surface area (Å²) < 4.78 is 1.98. The van der Waals surface area contributed by atoms with Crippen molar-refractivity contribution in [3.05, 3.63) is 48.0 Å². The van der Waals surface area contributed by atoms with Crippen molar-refractivity contribution in [3.63, 3.8) is 0 Å². The normalized spacial score (nSPS) is 14.1. The number of rotatable bonds is 1. The molecule has 5 heteroatoms. The monoisotopic (exact) mass is 256 g/mol. The Morgan fingerprint density at radius 1 is 1.32 bits per heavy atom. The van der Waals surface area contributed by atoms with Gasteiger partial charge in [0.05, 0.1) is 24.3 Å². The average Bonchev–Trinajstić information content (AvgIpc) is 2.81. The number of aryl methyl sites for hydroxylation is 1. The van der Waals surface area contributed by atoms with E-state index in [9.17, 15) is 4.79 Å². The van der Waals surface area contributed by atoms with E-state index in [1.54, 1.807) is 0 Å². The lowest BCUT2D eigenvalue weighted by atomic mass is 10.1. The van der Waals surface area contributed by atoms with E-state index >= 15 is 0 Å². The van der Waals surface area contributed by atoms with Crippen LogP contribution in [0.15, 0.2) is 36.7 Å². The minimum atomic E-state index is -0.0574. The zero-order valence-electron chi connectivity index (χ0n) is 10.8. The maximum atomic E-state index is 12.2. The highest BCUT2D eigenvalue weighted by Crippen LogP contribution is 2.18. The van der Waals surface area contributed by atoms with Crippen molar-refractivity contribution in [1.82, 2.24) is 14.5 Å². The largest absolute Gasteiger partial charge is 0.336 e. The van der Waals surface area contributed by atoms with Gasteiger partial charge in [-0.2, -0.15) is 0 Å². The summed E-state index contributed by atoms with van der Waals surface area (Å²) in [7, 11) is 1.96. The quantitative estimate of drug-likeness (QED) is 0.848. The van der Waals surface area contributed by atoms with Crippen LogP contribution in [-0.2, 0) is 20.0 Å². The molecular weight excluding hydrogens is 240 g/mol. The highest BCUT2D eigenvalue weighted by molar-refractivity contribution is 5.89. The third-order valence-corrected chi connectivity index (χ3v) is 3.42. The molecule has 0 fully saturated rings. The molecule has 1 aromatic heterocycles. The molecule has 0 spiro atoms. The molecular formula is C14H16N4O. The van der Waals surface area contributed by atoms with Crippen molar-refractivity contribution >= 4 is 11.7 Å². The van der Waals surface area contributed by atoms with Crippen LogP contribution in [0.2, 0.25) is 0 Å². The van der Waals surface area contributed by atoms with Crippen molar-refractivity contribution in [2.24, 2.45) is 7.05 Å². The number of imidazole rings is 1. The Morgan fingerprint density at radius 3 is 2.89 bits per heavy atom. The number of fused-ring (bicyclic) bond motifs is 1. The van der Waals surface area contributed by atoms with Gasteiger partial charge in [0, 0.05) is 25.7 Å². The van der Waals surface area contributed by atoms with Crippen LogP contribution in [0, 0.1) is 0 Å². The third kappa shape index (κ3) is 2.31. The summed E-state index contributed by atoms with van der Waals surface area (Å²) >= 11 is 0. The summed E-state index contributed by atoms with van der Waals surface area (Å²) in [4.78, 5) is 18.4. The van der Waals surface area contributed by atoms with Crippen LogP contribution < -0.4 is 5.32 Å². The first kappa shape index (κ1) is 11.8. The molecule has 0 aliphatic carbocycles. The molecule has 0 unspecified atom stereocenters. The van der Waals surface area contributed by atoms with Crippen molar-refractivity contribution in [2.75, 3.05) is 11.9 Å². The zero-order valence-corrected chi connectivity index (χ0v) is 10.8. The van der Waals surface area contributed by atoms with Gasteiger partial charge in [-0.3, -0.25) is 0 Å². The van der Waals surface area contributed by atoms with Gasteiger partial charge < -0.3 is 14.8 Å². The summed E-state index contributed by atoms with van der Waals surface area (Å²) in [6, 6.07) is 9.46. The average molecular weight is 256 g/mol. The Morgan fingerprint density at radius 2 is 2.11 bits per heavy atom. The summed E-state index contributed by atoms with van der Waals surface area (Å²) in [6.07, 6.45) is 2.63. The highest BCUT2D eigenvalue weighted by Gasteiger charge is 2.23. The van der Waals surface area contributed by atoms with Crippen LogP contribution in [0.5, 0.6) is 0 Å². The minimum absolute atomic E-state index is 0.0574. The van der Waals surface area contributed by atoms with Gasteiger partial charge >= 0.3 is 6.03 Å². The Balaban J connectivity index is 1.71. The molecule has 0 bridgehead atoms. The zero-order chi connectivity index (χ0) is 13.2. The Labute approximate surface area is 111 Å². The number of nitrogens with zero attached hydrogens (tertiary/aromatic N) is 3. The molecule has 1 aromatic carbocycles. The number of hydrogen-bond acceptors (Lipinski definition) is 2. The lowest BCUT2D eigenvalue weighted by Gasteiger charge is -2.27. The maximum Gasteiger partial charge on any atom is 0.322 e. The smallest absolute Gasteiger partial charge is 0.322 e. The molecule has 1 aliphatic rings. The van der Waals surface area contributed by atoms with Gasteiger partial charge in [0.25, 0.3) is 0 Å². The molecule has 98 valence electrons. The SMILES string of the molecule is Cn1cnc2c1CN(C(=O)Nc1ccccc1)CC2. The van der Waals surface area contributed by atoms with Crippen LogP contribution >= 0.6 is 0 Å². The predicted molar refractivity (Wildman–Crippen MR) is 72.8 cm³/mol. The van der Waals surface area contributed by atoms with E-state index in [0.29, 0.717) is 13.1 Å². The number of amides is 2. The molecule has 3 rings (SSSR count). The Kier molecular flexibility index (Phi) is 2.95. The fraction of sp³-hybridized carbons (Fsp3) is 0.286. The number of nitrogens with one attached hydrogen (secondary N) is 1. The van der Waals surface area contributed by atoms with E-state index < -0.39 is 0 Å². The number of anilines is 1. The summed E-state index contributed by atoms with van der Waals surface area (Å²) in [5.41, 5.74) is 3.05. The van der Waals surface area contributed by atoms with Crippen LogP contribution in [0.3, 0.4) is 0 Å². The van der Waals surface area contributed by atoms with E-state index in [-0.39, 0.29) is 6.03 Å². The molecule has 0 saturated carbocycles. The van der Waals surface area contributed by atoms with Crippen LogP contribution in [0.1, 0.15) is 11.4 Å². The van der Waals surface area contributed by atoms with Crippen molar-refractivity contribution in [3.8, 4) is 0 Å². The van der Waals surface area contributed by atoms with Gasteiger partial charge in [-0.25, -0.2) is 9.78 Å². The molecule has 0 saturated heterocycles. The lowest BCUT2D eigenvalue weighted by molar-refractivity contribution is 0.204. The van der Waals surface area contributed by atoms with E-state index in [1.807, 2.05) is 53.2 Å². The first-order chi connectivity index (χ1) is 9.24. The third-order valence-electron chi connectivity index (χ3n) is 3.42. The fourth-order valence-corrected chi connectivity index (χ4v) is 2.31. The molecule has 2 heterocycles. The molecule has 0 radical (unpaired) electrons. The molecule has 2 aromatic rings. The molecule has 1 aliphatic heterocycles. The Bertz CT molecular complexity index is 591. The van der Waals surface area contributed by atoms with Crippen LogP contribution in [0.4, 0.5) is 10.5 Å². The number of aromatic nitrogens is 2. The second kappa shape index (κ2) is 4.76. The fourth-order valence-electron chi connectivity index (χ4n) is 2.31. The minimum Gasteiger partial charge on any atom is -0.336 e. The Hall–Kier alpha value is -2.30. The van der Waals surface area contributed by atoms with E-state index in [1.165, 1.54) is 0 Å². The van der Waals surface area contributed by atoms with E-state index in [2.05, 4.69) is 10.3 Å². The van der Waals surface area contributed by atoms with Gasteiger partial charge in [0.2, 0.25) is 0 Å². The van der Waals surface area contributed by atoms with Gasteiger partial charge in [0.1, 0.15) is 0 Å². The van der Waals surface area contributed by atoms with Gasteiger partial charge in [-0.15, -0.1) is 0 Å². The van der Waals surface area contributed by atoms with Crippen molar-refractivity contribution in [2.45, 2.75) is 13.0 Å². The van der Waals surface area contributed by atoms with Gasteiger partial charge in [0.15, 0.2) is 0 Å². The molecule has 19 heavy (non-hydrogen) atoms. The van der Waals surface area contributed by atoms with Gasteiger partial charge in [-0.05, 0) is 12.1 Å². The second-order valence-corrected chi connectivity index (χ2v) is 4.72. The first-order valence-corrected chi connectivity index (χ1v) is 6.34. The number of benzene rings is 1. The van der Waals surface area contributed by atoms with Crippen molar-refractivity contribution < 1.29 is 4.79 Å². The summed E-state index contributed by atoms with van der Waals surface area (Å²) in [5.74, 6) is 0. The van der Waals surface area contributed by atoms with Crippen molar-refractivity contribution in [1.29, 1.82) is 0 Å². The second-order valence-electron chi connectivity index (χ2n) is 4.72. The molecule has 2 amide bonds. The molecule has 1 N–H and O–H groups in total. The lowest BCUT2D eigenvalue weighted by Crippen LogP contribution is -2.39. The summed E-state index contributed by atoms with van der Waals surface area (Å²) in [6.45, 7) is 1.33. The van der Waals surface area contributed by atoms with E-state index in [4.69, 9.17) is 0 Å². The van der Waals surface area contributed by atoms with Gasteiger partial charge in [-0.1, -0.05) is 18.2 Å². The van der Waals surface area contributed by atoms with Crippen LogP contribution in [-0.4, -0.2) is 27.0 Å². The number of para-hydroxylation sites is 1. The van der Waals surface area contributed by atoms with E-state index in [0.717, 1.165) is 23.5 Å². The summed E-state index contributed by atoms with van der Waals surface area (Å²) in [5, 5.41) is 2.91. The van der Waals surface area contributed by atoms with Crippen LogP contribution in [0.25, 0.3) is 0 Å².